The second-order valence-corrected chi connectivity index (χ2v) is 8.91. The number of likely N-dealkylation sites (tertiary alicyclic amines) is 1. The van der Waals surface area contributed by atoms with Crippen LogP contribution in [0.2, 0.25) is 0 Å². The SMILES string of the molecule is O=C(CCc1ccc(S(=O)(=O)NC2CC2)cc1)N1CC[C@H](n2cncn2)C1. The lowest BCUT2D eigenvalue weighted by Gasteiger charge is -2.16. The highest BCUT2D eigenvalue weighted by Gasteiger charge is 2.28. The van der Waals surface area contributed by atoms with Gasteiger partial charge in [-0.2, -0.15) is 5.10 Å². The molecule has 1 aliphatic carbocycles. The third-order valence-corrected chi connectivity index (χ3v) is 6.62. The van der Waals surface area contributed by atoms with Crippen molar-refractivity contribution in [3.63, 3.8) is 0 Å². The van der Waals surface area contributed by atoms with Crippen LogP contribution in [0.4, 0.5) is 0 Å². The molecule has 1 aromatic carbocycles. The zero-order valence-electron chi connectivity index (χ0n) is 15.0. The van der Waals surface area contributed by atoms with Gasteiger partial charge in [-0.25, -0.2) is 22.8 Å². The van der Waals surface area contributed by atoms with Gasteiger partial charge in [0.1, 0.15) is 12.7 Å². The molecule has 144 valence electrons. The van der Waals surface area contributed by atoms with Crippen LogP contribution in [0.15, 0.2) is 41.8 Å². The molecular formula is C18H23N5O3S. The molecule has 8 nitrogen and oxygen atoms in total. The number of amides is 1. The first-order chi connectivity index (χ1) is 13.0. The van der Waals surface area contributed by atoms with Gasteiger partial charge in [-0.3, -0.25) is 4.79 Å². The van der Waals surface area contributed by atoms with Crippen LogP contribution >= 0.6 is 0 Å². The molecule has 2 heterocycles. The standard InChI is InChI=1S/C18H23N5O3S/c24-18(22-10-9-16(11-22)23-13-19-12-20-23)8-3-14-1-6-17(7-2-14)27(25,26)21-15-4-5-15/h1-2,6-7,12-13,15-16,21H,3-5,8-11H2/t16-/m0/s1. The van der Waals surface area contributed by atoms with Crippen molar-refractivity contribution in [2.24, 2.45) is 0 Å². The summed E-state index contributed by atoms with van der Waals surface area (Å²) in [5.41, 5.74) is 0.959. The maximum Gasteiger partial charge on any atom is 0.240 e. The third kappa shape index (κ3) is 4.36. The fourth-order valence-electron chi connectivity index (χ4n) is 3.32. The Bertz CT molecular complexity index is 892. The van der Waals surface area contributed by atoms with Gasteiger partial charge in [0.2, 0.25) is 15.9 Å². The summed E-state index contributed by atoms with van der Waals surface area (Å²) < 4.78 is 28.8. The predicted octanol–water partition coefficient (Wildman–Crippen LogP) is 1.12. The Morgan fingerprint density at radius 3 is 2.63 bits per heavy atom. The fourth-order valence-corrected chi connectivity index (χ4v) is 4.63. The van der Waals surface area contributed by atoms with Crippen molar-refractivity contribution in [3.05, 3.63) is 42.5 Å². The second-order valence-electron chi connectivity index (χ2n) is 7.20. The van der Waals surface area contributed by atoms with E-state index in [1.807, 2.05) is 9.58 Å². The Hall–Kier alpha value is -2.26. The lowest BCUT2D eigenvalue weighted by Crippen LogP contribution is -2.29. The van der Waals surface area contributed by atoms with Gasteiger partial charge in [-0.05, 0) is 43.4 Å². The quantitative estimate of drug-likeness (QED) is 0.765. The number of nitrogens with zero attached hydrogens (tertiary/aromatic N) is 4. The molecule has 1 atom stereocenters. The maximum absolute atomic E-state index is 12.5. The van der Waals surface area contributed by atoms with E-state index in [-0.39, 0.29) is 22.9 Å². The van der Waals surface area contributed by atoms with Crippen LogP contribution < -0.4 is 4.72 Å². The Balaban J connectivity index is 1.29. The lowest BCUT2D eigenvalue weighted by atomic mass is 10.1. The summed E-state index contributed by atoms with van der Waals surface area (Å²) in [5, 5.41) is 4.15. The van der Waals surface area contributed by atoms with Gasteiger partial charge < -0.3 is 4.90 Å². The van der Waals surface area contributed by atoms with Crippen molar-refractivity contribution < 1.29 is 13.2 Å². The lowest BCUT2D eigenvalue weighted by molar-refractivity contribution is -0.130. The fraction of sp³-hybridized carbons (Fsp3) is 0.500. The molecule has 1 saturated carbocycles. The number of carbonyl (C=O) groups is 1. The zero-order valence-corrected chi connectivity index (χ0v) is 15.8. The highest BCUT2D eigenvalue weighted by atomic mass is 32.2. The average Bonchev–Trinajstić information content (AvgIpc) is 3.14. The molecule has 27 heavy (non-hydrogen) atoms. The largest absolute Gasteiger partial charge is 0.340 e. The van der Waals surface area contributed by atoms with Crippen LogP contribution in [-0.4, -0.2) is 53.1 Å². The van der Waals surface area contributed by atoms with Crippen molar-refractivity contribution in [2.75, 3.05) is 13.1 Å². The smallest absolute Gasteiger partial charge is 0.240 e. The first-order valence-electron chi connectivity index (χ1n) is 9.24. The highest BCUT2D eigenvalue weighted by Crippen LogP contribution is 2.23. The number of hydrogen-bond donors (Lipinski definition) is 1. The van der Waals surface area contributed by atoms with Gasteiger partial charge >= 0.3 is 0 Å². The summed E-state index contributed by atoms with van der Waals surface area (Å²) in [7, 11) is -3.42. The molecule has 0 unspecified atom stereocenters. The van der Waals surface area contributed by atoms with Crippen molar-refractivity contribution in [1.82, 2.24) is 24.4 Å². The van der Waals surface area contributed by atoms with E-state index in [2.05, 4.69) is 14.8 Å². The molecule has 0 radical (unpaired) electrons. The third-order valence-electron chi connectivity index (χ3n) is 5.09. The molecular weight excluding hydrogens is 366 g/mol. The minimum absolute atomic E-state index is 0.0918. The molecule has 2 aromatic rings. The number of benzene rings is 1. The Morgan fingerprint density at radius 1 is 1.19 bits per heavy atom. The first kappa shape index (κ1) is 18.1. The monoisotopic (exact) mass is 389 g/mol. The van der Waals surface area contributed by atoms with Gasteiger partial charge in [0.05, 0.1) is 10.9 Å². The van der Waals surface area contributed by atoms with Crippen LogP contribution in [0, 0.1) is 0 Å². The van der Waals surface area contributed by atoms with E-state index in [1.165, 1.54) is 6.33 Å². The zero-order chi connectivity index (χ0) is 18.9. The van der Waals surface area contributed by atoms with Gasteiger partial charge in [0, 0.05) is 25.6 Å². The van der Waals surface area contributed by atoms with Crippen LogP contribution in [0.25, 0.3) is 0 Å². The molecule has 0 bridgehead atoms. The number of nitrogens with one attached hydrogen (secondary N) is 1. The van der Waals surface area contributed by atoms with E-state index >= 15 is 0 Å². The predicted molar refractivity (Wildman–Crippen MR) is 98.4 cm³/mol. The van der Waals surface area contributed by atoms with Crippen LogP contribution in [0.3, 0.4) is 0 Å². The molecule has 1 aliphatic heterocycles. The van der Waals surface area contributed by atoms with E-state index in [4.69, 9.17) is 0 Å². The average molecular weight is 389 g/mol. The van der Waals surface area contributed by atoms with E-state index in [0.717, 1.165) is 31.4 Å². The molecule has 1 amide bonds. The second kappa shape index (κ2) is 7.40. The topological polar surface area (TPSA) is 97.2 Å². The van der Waals surface area contributed by atoms with Crippen molar-refractivity contribution >= 4 is 15.9 Å². The number of sulfonamides is 1. The van der Waals surface area contributed by atoms with Crippen LogP contribution in [-0.2, 0) is 21.2 Å². The minimum atomic E-state index is -3.42. The van der Waals surface area contributed by atoms with Gasteiger partial charge in [0.15, 0.2) is 0 Å². The highest BCUT2D eigenvalue weighted by molar-refractivity contribution is 7.89. The number of carbonyl (C=O) groups excluding carboxylic acids is 1. The van der Waals surface area contributed by atoms with Gasteiger partial charge in [-0.1, -0.05) is 12.1 Å². The molecule has 2 fully saturated rings. The Morgan fingerprint density at radius 2 is 1.96 bits per heavy atom. The molecule has 1 N–H and O–H groups in total. The van der Waals surface area contributed by atoms with E-state index in [0.29, 0.717) is 19.4 Å². The number of hydrogen-bond acceptors (Lipinski definition) is 5. The van der Waals surface area contributed by atoms with Gasteiger partial charge in [0.25, 0.3) is 0 Å². The molecule has 2 aliphatic rings. The van der Waals surface area contributed by atoms with E-state index < -0.39 is 10.0 Å². The van der Waals surface area contributed by atoms with E-state index in [1.54, 1.807) is 30.6 Å². The van der Waals surface area contributed by atoms with Crippen molar-refractivity contribution in [2.45, 2.75) is 49.1 Å². The molecule has 9 heteroatoms. The van der Waals surface area contributed by atoms with Gasteiger partial charge in [-0.15, -0.1) is 0 Å². The van der Waals surface area contributed by atoms with Crippen molar-refractivity contribution in [3.8, 4) is 0 Å². The minimum Gasteiger partial charge on any atom is -0.340 e. The molecule has 0 spiro atoms. The summed E-state index contributed by atoms with van der Waals surface area (Å²) in [6, 6.07) is 7.09. The van der Waals surface area contributed by atoms with Crippen molar-refractivity contribution in [1.29, 1.82) is 0 Å². The molecule has 1 saturated heterocycles. The van der Waals surface area contributed by atoms with Crippen LogP contribution in [0.5, 0.6) is 0 Å². The summed E-state index contributed by atoms with van der Waals surface area (Å²) >= 11 is 0. The number of rotatable bonds is 7. The number of aromatic nitrogens is 3. The molecule has 1 aromatic heterocycles. The normalized spacial score (nSPS) is 20.1. The summed E-state index contributed by atoms with van der Waals surface area (Å²) in [5.74, 6) is 0.115. The Kier molecular flexibility index (Phi) is 4.96. The number of aryl methyl sites for hydroxylation is 1. The molecule has 4 rings (SSSR count). The van der Waals surface area contributed by atoms with Crippen LogP contribution in [0.1, 0.15) is 37.3 Å². The Labute approximate surface area is 158 Å². The summed E-state index contributed by atoms with van der Waals surface area (Å²) in [6.07, 6.45) is 6.91. The first-order valence-corrected chi connectivity index (χ1v) is 10.7. The summed E-state index contributed by atoms with van der Waals surface area (Å²) in [6.45, 7) is 1.39. The maximum atomic E-state index is 12.5. The van der Waals surface area contributed by atoms with E-state index in [9.17, 15) is 13.2 Å². The summed E-state index contributed by atoms with van der Waals surface area (Å²) in [4.78, 5) is 18.6.